The summed E-state index contributed by atoms with van der Waals surface area (Å²) in [5.41, 5.74) is 0.710. The maximum atomic E-state index is 12.1. The summed E-state index contributed by atoms with van der Waals surface area (Å²) in [5.74, 6) is -1.72. The standard InChI is InChI=1S/C33H53N3O15/c1-21(2)28(37)45-13-10-34-31(40)49-24(7)16-43-19-27(48-18-26(9)51-33(42)36-12-15-47-30(39)23(5)6)20-44-17-25(8)50-32(41)35-11-14-46-29(38)22(3)4/h24-27H,1,3,5,10-20H2,2,4,6-9H3,(H,34,40)(H,35,41)(H,36,42). The Morgan fingerprint density at radius 1 is 0.490 bits per heavy atom. The zero-order valence-corrected chi connectivity index (χ0v) is 30.3. The van der Waals surface area contributed by atoms with Crippen molar-refractivity contribution in [3.05, 3.63) is 36.5 Å². The molecule has 51 heavy (non-hydrogen) atoms. The van der Waals surface area contributed by atoms with Crippen molar-refractivity contribution in [2.45, 2.75) is 66.0 Å². The monoisotopic (exact) mass is 731 g/mol. The lowest BCUT2D eigenvalue weighted by molar-refractivity contribution is -0.139. The molecule has 0 aromatic carbocycles. The van der Waals surface area contributed by atoms with Gasteiger partial charge in [0.1, 0.15) is 44.2 Å². The number of amides is 3. The van der Waals surface area contributed by atoms with E-state index in [9.17, 15) is 28.8 Å². The van der Waals surface area contributed by atoms with Gasteiger partial charge in [-0.15, -0.1) is 0 Å². The molecule has 0 spiro atoms. The van der Waals surface area contributed by atoms with Crippen LogP contribution in [0.5, 0.6) is 0 Å². The summed E-state index contributed by atoms with van der Waals surface area (Å²) in [7, 11) is 0. The van der Waals surface area contributed by atoms with E-state index in [0.29, 0.717) is 0 Å². The topological polar surface area (TPSA) is 222 Å². The van der Waals surface area contributed by atoms with E-state index in [1.807, 2.05) is 0 Å². The maximum absolute atomic E-state index is 12.1. The third kappa shape index (κ3) is 25.9. The predicted molar refractivity (Wildman–Crippen MR) is 181 cm³/mol. The lowest BCUT2D eigenvalue weighted by atomic mass is 10.3. The fraction of sp³-hybridized carbons (Fsp3) is 0.636. The molecule has 0 bridgehead atoms. The highest BCUT2D eigenvalue weighted by Crippen LogP contribution is 2.04. The van der Waals surface area contributed by atoms with Crippen LogP contribution in [0, 0.1) is 0 Å². The number of carbonyl (C=O) groups is 6. The molecule has 0 saturated heterocycles. The molecular formula is C33H53N3O15. The summed E-state index contributed by atoms with van der Waals surface area (Å²) in [6, 6.07) is 0. The van der Waals surface area contributed by atoms with Gasteiger partial charge >= 0.3 is 36.2 Å². The minimum atomic E-state index is -0.752. The van der Waals surface area contributed by atoms with E-state index in [4.69, 9.17) is 42.6 Å². The molecule has 3 atom stereocenters. The molecule has 0 radical (unpaired) electrons. The van der Waals surface area contributed by atoms with Gasteiger partial charge in [-0.05, 0) is 41.5 Å². The first-order valence-electron chi connectivity index (χ1n) is 16.1. The Bertz CT molecular complexity index is 1120. The first-order chi connectivity index (χ1) is 24.0. The van der Waals surface area contributed by atoms with Crippen molar-refractivity contribution in [2.75, 3.05) is 72.5 Å². The molecular weight excluding hydrogens is 678 g/mol. The summed E-state index contributed by atoms with van der Waals surface area (Å²) in [6.07, 6.45) is -4.95. The van der Waals surface area contributed by atoms with E-state index in [0.717, 1.165) is 0 Å². The molecule has 0 fully saturated rings. The Balaban J connectivity index is 4.79. The van der Waals surface area contributed by atoms with Crippen molar-refractivity contribution >= 4 is 36.2 Å². The van der Waals surface area contributed by atoms with Crippen LogP contribution in [0.4, 0.5) is 14.4 Å². The summed E-state index contributed by atoms with van der Waals surface area (Å²) in [5, 5.41) is 7.36. The number of carbonyl (C=O) groups excluding carboxylic acids is 6. The molecule has 0 aliphatic heterocycles. The molecule has 3 unspecified atom stereocenters. The minimum absolute atomic E-state index is 0.0102. The van der Waals surface area contributed by atoms with Gasteiger partial charge in [0, 0.05) is 16.7 Å². The Kier molecular flexibility index (Phi) is 24.6. The van der Waals surface area contributed by atoms with Gasteiger partial charge in [0.05, 0.1) is 52.7 Å². The fourth-order valence-corrected chi connectivity index (χ4v) is 3.18. The van der Waals surface area contributed by atoms with Gasteiger partial charge in [-0.2, -0.15) is 0 Å². The van der Waals surface area contributed by atoms with Crippen LogP contribution in [-0.4, -0.2) is 133 Å². The van der Waals surface area contributed by atoms with Crippen molar-refractivity contribution < 1.29 is 71.4 Å². The summed E-state index contributed by atoms with van der Waals surface area (Å²) in [6.45, 7) is 19.5. The lowest BCUT2D eigenvalue weighted by Gasteiger charge is -2.23. The SMILES string of the molecule is C=C(C)C(=O)OCCNC(=O)OC(C)COCC(COCC(C)OC(=O)NCCOC(=O)C(=C)C)OCC(C)OC(=O)NCCOC(=O)C(=C)C. The highest BCUT2D eigenvalue weighted by atomic mass is 16.6. The van der Waals surface area contributed by atoms with E-state index >= 15 is 0 Å². The summed E-state index contributed by atoms with van der Waals surface area (Å²) >= 11 is 0. The Morgan fingerprint density at radius 3 is 1.08 bits per heavy atom. The van der Waals surface area contributed by atoms with E-state index in [1.54, 1.807) is 20.8 Å². The van der Waals surface area contributed by atoms with Crippen molar-refractivity contribution in [3.8, 4) is 0 Å². The molecule has 0 rings (SSSR count). The first-order valence-corrected chi connectivity index (χ1v) is 16.1. The average molecular weight is 732 g/mol. The second-order valence-electron chi connectivity index (χ2n) is 11.2. The van der Waals surface area contributed by atoms with E-state index < -0.39 is 60.6 Å². The molecule has 0 saturated carbocycles. The molecule has 290 valence electrons. The number of ether oxygens (including phenoxy) is 9. The van der Waals surface area contributed by atoms with Crippen molar-refractivity contribution in [3.63, 3.8) is 0 Å². The van der Waals surface area contributed by atoms with Crippen molar-refractivity contribution in [1.29, 1.82) is 0 Å². The van der Waals surface area contributed by atoms with Crippen LogP contribution < -0.4 is 16.0 Å². The van der Waals surface area contributed by atoms with Crippen LogP contribution in [-0.2, 0) is 57.0 Å². The van der Waals surface area contributed by atoms with Gasteiger partial charge in [0.15, 0.2) is 0 Å². The number of hydrogen-bond donors (Lipinski definition) is 3. The molecule has 18 nitrogen and oxygen atoms in total. The number of hydrogen-bond acceptors (Lipinski definition) is 15. The predicted octanol–water partition coefficient (Wildman–Crippen LogP) is 2.11. The van der Waals surface area contributed by atoms with Crippen LogP contribution in [0.2, 0.25) is 0 Å². The Morgan fingerprint density at radius 2 is 0.784 bits per heavy atom. The third-order valence-corrected chi connectivity index (χ3v) is 5.66. The zero-order chi connectivity index (χ0) is 38.8. The van der Waals surface area contributed by atoms with Gasteiger partial charge in [-0.1, -0.05) is 19.7 Å². The number of esters is 3. The number of alkyl carbamates (subject to hydrolysis) is 3. The first kappa shape index (κ1) is 46.3. The van der Waals surface area contributed by atoms with Gasteiger partial charge in [-0.25, -0.2) is 28.8 Å². The zero-order valence-electron chi connectivity index (χ0n) is 30.3. The van der Waals surface area contributed by atoms with Gasteiger partial charge in [0.25, 0.3) is 0 Å². The molecule has 0 aromatic heterocycles. The van der Waals surface area contributed by atoms with Crippen LogP contribution >= 0.6 is 0 Å². The Hall–Kier alpha value is -4.68. The van der Waals surface area contributed by atoms with E-state index in [1.165, 1.54) is 20.8 Å². The highest BCUT2D eigenvalue weighted by molar-refractivity contribution is 5.87. The second-order valence-corrected chi connectivity index (χ2v) is 11.2. The lowest BCUT2D eigenvalue weighted by Crippen LogP contribution is -2.36. The van der Waals surface area contributed by atoms with Gasteiger partial charge < -0.3 is 58.6 Å². The van der Waals surface area contributed by atoms with Crippen LogP contribution in [0.25, 0.3) is 0 Å². The molecule has 0 aliphatic rings. The average Bonchev–Trinajstić information content (AvgIpc) is 3.04. The van der Waals surface area contributed by atoms with Crippen LogP contribution in [0.1, 0.15) is 41.5 Å². The number of nitrogens with one attached hydrogen (secondary N) is 3. The smallest absolute Gasteiger partial charge is 0.407 e. The Labute approximate surface area is 298 Å². The van der Waals surface area contributed by atoms with Crippen molar-refractivity contribution in [2.24, 2.45) is 0 Å². The van der Waals surface area contributed by atoms with Crippen LogP contribution in [0.15, 0.2) is 36.5 Å². The van der Waals surface area contributed by atoms with Crippen molar-refractivity contribution in [1.82, 2.24) is 16.0 Å². The normalized spacial score (nSPS) is 12.8. The molecule has 0 aliphatic carbocycles. The van der Waals surface area contributed by atoms with Gasteiger partial charge in [-0.3, -0.25) is 0 Å². The van der Waals surface area contributed by atoms with Crippen LogP contribution in [0.3, 0.4) is 0 Å². The van der Waals surface area contributed by atoms with E-state index in [-0.39, 0.29) is 89.2 Å². The minimum Gasteiger partial charge on any atom is -0.460 e. The summed E-state index contributed by atoms with van der Waals surface area (Å²) in [4.78, 5) is 70.3. The molecule has 3 amide bonds. The molecule has 0 heterocycles. The largest absolute Gasteiger partial charge is 0.460 e. The number of rotatable bonds is 26. The quantitative estimate of drug-likeness (QED) is 0.0502. The molecule has 18 heteroatoms. The second kappa shape index (κ2) is 27.1. The maximum Gasteiger partial charge on any atom is 0.407 e. The van der Waals surface area contributed by atoms with Gasteiger partial charge in [0.2, 0.25) is 0 Å². The highest BCUT2D eigenvalue weighted by Gasteiger charge is 2.18. The van der Waals surface area contributed by atoms with E-state index in [2.05, 4.69) is 35.7 Å². The fourth-order valence-electron chi connectivity index (χ4n) is 3.18. The molecule has 0 aromatic rings. The third-order valence-electron chi connectivity index (χ3n) is 5.66. The summed E-state index contributed by atoms with van der Waals surface area (Å²) < 4.78 is 47.6. The molecule has 3 N–H and O–H groups in total.